The summed E-state index contributed by atoms with van der Waals surface area (Å²) in [6.45, 7) is 8.06. The Hall–Kier alpha value is -2.15. The van der Waals surface area contributed by atoms with Gasteiger partial charge in [-0.1, -0.05) is 18.1 Å². The summed E-state index contributed by atoms with van der Waals surface area (Å²) in [6, 6.07) is 5.63. The molecule has 0 unspecified atom stereocenters. The molecule has 0 aliphatic rings. The maximum atomic E-state index is 11.4. The SMILES string of the molecule is C#Cc1c(C)cccc1OCCNC(=O)OC(C)(C)C. The number of rotatable bonds is 4. The number of benzene rings is 1. The average molecular weight is 275 g/mol. The summed E-state index contributed by atoms with van der Waals surface area (Å²) in [6.07, 6.45) is 5.00. The van der Waals surface area contributed by atoms with E-state index in [4.69, 9.17) is 15.9 Å². The Morgan fingerprint density at radius 3 is 2.70 bits per heavy atom. The van der Waals surface area contributed by atoms with Gasteiger partial charge in [-0.05, 0) is 39.3 Å². The predicted octanol–water partition coefficient (Wildman–Crippen LogP) is 2.88. The first-order valence-electron chi connectivity index (χ1n) is 6.49. The minimum atomic E-state index is -0.502. The van der Waals surface area contributed by atoms with Crippen LogP contribution in [0.4, 0.5) is 4.79 Å². The molecule has 1 rings (SSSR count). The van der Waals surface area contributed by atoms with Crippen molar-refractivity contribution in [2.45, 2.75) is 33.3 Å². The fourth-order valence-electron chi connectivity index (χ4n) is 1.57. The van der Waals surface area contributed by atoms with E-state index in [0.29, 0.717) is 18.9 Å². The van der Waals surface area contributed by atoms with Gasteiger partial charge in [0, 0.05) is 0 Å². The number of hydrogen-bond donors (Lipinski definition) is 1. The van der Waals surface area contributed by atoms with E-state index in [2.05, 4.69) is 11.2 Å². The highest BCUT2D eigenvalue weighted by Gasteiger charge is 2.15. The van der Waals surface area contributed by atoms with Crippen molar-refractivity contribution in [1.82, 2.24) is 5.32 Å². The van der Waals surface area contributed by atoms with Crippen molar-refractivity contribution in [2.24, 2.45) is 0 Å². The van der Waals surface area contributed by atoms with Crippen LogP contribution in [0, 0.1) is 19.3 Å². The zero-order valence-corrected chi connectivity index (χ0v) is 12.4. The summed E-state index contributed by atoms with van der Waals surface area (Å²) in [4.78, 5) is 11.4. The van der Waals surface area contributed by atoms with Gasteiger partial charge in [0.1, 0.15) is 18.0 Å². The lowest BCUT2D eigenvalue weighted by molar-refractivity contribution is 0.0520. The molecule has 20 heavy (non-hydrogen) atoms. The van der Waals surface area contributed by atoms with Gasteiger partial charge in [-0.3, -0.25) is 0 Å². The van der Waals surface area contributed by atoms with Crippen molar-refractivity contribution in [3.8, 4) is 18.1 Å². The van der Waals surface area contributed by atoms with E-state index in [1.165, 1.54) is 0 Å². The molecule has 0 aliphatic carbocycles. The minimum absolute atomic E-state index is 0.331. The molecule has 1 amide bonds. The quantitative estimate of drug-likeness (QED) is 0.679. The summed E-state index contributed by atoms with van der Waals surface area (Å²) < 4.78 is 10.7. The lowest BCUT2D eigenvalue weighted by Gasteiger charge is -2.19. The number of carbonyl (C=O) groups excluding carboxylic acids is 1. The van der Waals surface area contributed by atoms with Gasteiger partial charge >= 0.3 is 6.09 Å². The third-order valence-corrected chi connectivity index (χ3v) is 2.41. The zero-order chi connectivity index (χ0) is 15.2. The molecule has 108 valence electrons. The molecule has 4 nitrogen and oxygen atoms in total. The fraction of sp³-hybridized carbons (Fsp3) is 0.438. The van der Waals surface area contributed by atoms with E-state index in [0.717, 1.165) is 11.1 Å². The maximum Gasteiger partial charge on any atom is 0.407 e. The number of carbonyl (C=O) groups is 1. The molecule has 0 heterocycles. The van der Waals surface area contributed by atoms with Gasteiger partial charge in [0.05, 0.1) is 12.1 Å². The molecule has 0 saturated carbocycles. The third-order valence-electron chi connectivity index (χ3n) is 2.41. The Bertz CT molecular complexity index is 509. The molecule has 1 aromatic rings. The number of hydrogen-bond acceptors (Lipinski definition) is 3. The third kappa shape index (κ3) is 5.23. The van der Waals surface area contributed by atoms with Crippen molar-refractivity contribution in [3.63, 3.8) is 0 Å². The van der Waals surface area contributed by atoms with Crippen LogP contribution in [-0.2, 0) is 4.74 Å². The second-order valence-electron chi connectivity index (χ2n) is 5.37. The first-order valence-corrected chi connectivity index (χ1v) is 6.49. The van der Waals surface area contributed by atoms with Gasteiger partial charge in [0.25, 0.3) is 0 Å². The van der Waals surface area contributed by atoms with Gasteiger partial charge in [-0.2, -0.15) is 0 Å². The van der Waals surface area contributed by atoms with Crippen LogP contribution in [0.3, 0.4) is 0 Å². The van der Waals surface area contributed by atoms with E-state index < -0.39 is 11.7 Å². The average Bonchev–Trinajstić information content (AvgIpc) is 2.32. The van der Waals surface area contributed by atoms with Gasteiger partial charge in [-0.25, -0.2) is 4.79 Å². The molecule has 0 radical (unpaired) electrons. The molecular weight excluding hydrogens is 254 g/mol. The molecule has 0 saturated heterocycles. The second-order valence-corrected chi connectivity index (χ2v) is 5.37. The first kappa shape index (κ1) is 15.9. The molecule has 0 aromatic heterocycles. The van der Waals surface area contributed by atoms with Crippen molar-refractivity contribution in [3.05, 3.63) is 29.3 Å². The minimum Gasteiger partial charge on any atom is -0.490 e. The number of terminal acetylenes is 1. The summed E-state index contributed by atoms with van der Waals surface area (Å²) >= 11 is 0. The lowest BCUT2D eigenvalue weighted by atomic mass is 10.1. The molecule has 0 bridgehead atoms. The summed E-state index contributed by atoms with van der Waals surface area (Å²) in [7, 11) is 0. The van der Waals surface area contributed by atoms with Crippen molar-refractivity contribution in [2.75, 3.05) is 13.2 Å². The van der Waals surface area contributed by atoms with Gasteiger partial charge in [-0.15, -0.1) is 6.42 Å². The van der Waals surface area contributed by atoms with E-state index in [1.54, 1.807) is 0 Å². The van der Waals surface area contributed by atoms with Crippen molar-refractivity contribution < 1.29 is 14.3 Å². The largest absolute Gasteiger partial charge is 0.490 e. The van der Waals surface area contributed by atoms with Crippen molar-refractivity contribution >= 4 is 6.09 Å². The molecule has 1 N–H and O–H groups in total. The summed E-state index contributed by atoms with van der Waals surface area (Å²) in [5, 5.41) is 2.62. The molecule has 4 heteroatoms. The zero-order valence-electron chi connectivity index (χ0n) is 12.4. The number of aryl methyl sites for hydroxylation is 1. The van der Waals surface area contributed by atoms with Crippen molar-refractivity contribution in [1.29, 1.82) is 0 Å². The van der Waals surface area contributed by atoms with Crippen LogP contribution in [-0.4, -0.2) is 24.8 Å². The summed E-state index contributed by atoms with van der Waals surface area (Å²) in [5.74, 6) is 3.26. The van der Waals surface area contributed by atoms with Crippen LogP contribution < -0.4 is 10.1 Å². The lowest BCUT2D eigenvalue weighted by Crippen LogP contribution is -2.34. The Labute approximate surface area is 120 Å². The Balaban J connectivity index is 2.41. The highest BCUT2D eigenvalue weighted by Crippen LogP contribution is 2.20. The molecule has 0 spiro atoms. The van der Waals surface area contributed by atoms with E-state index in [1.807, 2.05) is 45.9 Å². The van der Waals surface area contributed by atoms with E-state index >= 15 is 0 Å². The van der Waals surface area contributed by atoms with Gasteiger partial charge in [0.15, 0.2) is 0 Å². The maximum absolute atomic E-state index is 11.4. The summed E-state index contributed by atoms with van der Waals surface area (Å²) in [5.41, 5.74) is 1.23. The second kappa shape index (κ2) is 6.85. The number of amides is 1. The molecule has 0 fully saturated rings. The normalized spacial score (nSPS) is 10.6. The first-order chi connectivity index (χ1) is 9.33. The predicted molar refractivity (Wildman–Crippen MR) is 78.8 cm³/mol. The Morgan fingerprint density at radius 2 is 2.10 bits per heavy atom. The fourth-order valence-corrected chi connectivity index (χ4v) is 1.57. The smallest absolute Gasteiger partial charge is 0.407 e. The van der Waals surface area contributed by atoms with Crippen LogP contribution in [0.25, 0.3) is 0 Å². The van der Waals surface area contributed by atoms with Gasteiger partial charge < -0.3 is 14.8 Å². The van der Waals surface area contributed by atoms with Gasteiger partial charge in [0.2, 0.25) is 0 Å². The molecule has 1 aromatic carbocycles. The Morgan fingerprint density at radius 1 is 1.40 bits per heavy atom. The standard InChI is InChI=1S/C16H21NO3/c1-6-13-12(2)8-7-9-14(13)19-11-10-17-15(18)20-16(3,4)5/h1,7-9H,10-11H2,2-5H3,(H,17,18). The van der Waals surface area contributed by atoms with E-state index in [-0.39, 0.29) is 0 Å². The highest BCUT2D eigenvalue weighted by molar-refractivity contribution is 5.67. The topological polar surface area (TPSA) is 47.6 Å². The number of nitrogens with one attached hydrogen (secondary N) is 1. The Kier molecular flexibility index (Phi) is 5.45. The van der Waals surface area contributed by atoms with Crippen LogP contribution in [0.2, 0.25) is 0 Å². The number of ether oxygens (including phenoxy) is 2. The monoisotopic (exact) mass is 275 g/mol. The number of alkyl carbamates (subject to hydrolysis) is 1. The highest BCUT2D eigenvalue weighted by atomic mass is 16.6. The molecule has 0 atom stereocenters. The molecular formula is C16H21NO3. The molecule has 0 aliphatic heterocycles. The van der Waals surface area contributed by atoms with Crippen LogP contribution >= 0.6 is 0 Å². The van der Waals surface area contributed by atoms with Crippen LogP contribution in [0.5, 0.6) is 5.75 Å². The van der Waals surface area contributed by atoms with E-state index in [9.17, 15) is 4.79 Å². The van der Waals surface area contributed by atoms with Crippen LogP contribution in [0.1, 0.15) is 31.9 Å². The van der Waals surface area contributed by atoms with Crippen LogP contribution in [0.15, 0.2) is 18.2 Å².